The number of aliphatic hydroxyl groups is 1. The largest absolute Gasteiger partial charge is 0.417 e. The van der Waals surface area contributed by atoms with Crippen molar-refractivity contribution in [1.82, 2.24) is 10.2 Å². The zero-order chi connectivity index (χ0) is 16.0. The van der Waals surface area contributed by atoms with Crippen LogP contribution in [0.3, 0.4) is 0 Å². The maximum absolute atomic E-state index is 12.2. The van der Waals surface area contributed by atoms with E-state index in [1.807, 2.05) is 0 Å². The molecular formula is C16H10ClN3O3. The average molecular weight is 328 g/mol. The second-order valence-electron chi connectivity index (χ2n) is 5.13. The number of aromatic nitrogens is 2. The van der Waals surface area contributed by atoms with Gasteiger partial charge in [-0.2, -0.15) is 0 Å². The summed E-state index contributed by atoms with van der Waals surface area (Å²) >= 11 is 5.85. The lowest BCUT2D eigenvalue weighted by molar-refractivity contribution is -0.131. The Labute approximate surface area is 135 Å². The van der Waals surface area contributed by atoms with Gasteiger partial charge in [-0.25, -0.2) is 0 Å². The van der Waals surface area contributed by atoms with Crippen LogP contribution in [0.1, 0.15) is 11.5 Å². The number of hydrogen-bond acceptors (Lipinski definition) is 5. The number of anilines is 1. The lowest BCUT2D eigenvalue weighted by Crippen LogP contribution is -2.35. The van der Waals surface area contributed by atoms with Gasteiger partial charge in [0.05, 0.1) is 0 Å². The molecule has 1 atom stereocenters. The standard InChI is InChI=1S/C16H10ClN3O3/c17-10-7-5-9(6-8-10)13-19-20-15(23-13)16(22)11-3-1-2-4-12(11)18-14(16)21/h1-8,22H,(H,18,21). The number of amides is 1. The summed E-state index contributed by atoms with van der Waals surface area (Å²) in [5, 5.41) is 21.8. The number of fused-ring (bicyclic) bond motifs is 1. The quantitative estimate of drug-likeness (QED) is 0.755. The fraction of sp³-hybridized carbons (Fsp3) is 0.0625. The van der Waals surface area contributed by atoms with Crippen LogP contribution in [-0.4, -0.2) is 21.2 Å². The van der Waals surface area contributed by atoms with Crippen molar-refractivity contribution in [2.24, 2.45) is 0 Å². The van der Waals surface area contributed by atoms with E-state index in [9.17, 15) is 9.90 Å². The van der Waals surface area contributed by atoms with Gasteiger partial charge in [0.2, 0.25) is 11.5 Å². The number of nitrogens with one attached hydrogen (secondary N) is 1. The van der Waals surface area contributed by atoms with Gasteiger partial charge >= 0.3 is 0 Å². The van der Waals surface area contributed by atoms with E-state index < -0.39 is 11.5 Å². The van der Waals surface area contributed by atoms with E-state index in [0.29, 0.717) is 21.8 Å². The summed E-state index contributed by atoms with van der Waals surface area (Å²) < 4.78 is 5.55. The molecule has 23 heavy (non-hydrogen) atoms. The fourth-order valence-corrected chi connectivity index (χ4v) is 2.66. The molecule has 1 unspecified atom stereocenters. The summed E-state index contributed by atoms with van der Waals surface area (Å²) in [7, 11) is 0. The number of hydrogen-bond donors (Lipinski definition) is 2. The predicted octanol–water partition coefficient (Wildman–Crippen LogP) is 2.58. The van der Waals surface area contributed by atoms with Gasteiger partial charge in [0, 0.05) is 21.8 Å². The van der Waals surface area contributed by atoms with Gasteiger partial charge in [-0.3, -0.25) is 4.79 Å². The van der Waals surface area contributed by atoms with Crippen LogP contribution < -0.4 is 5.32 Å². The number of rotatable bonds is 2. The zero-order valence-corrected chi connectivity index (χ0v) is 12.4. The molecule has 0 spiro atoms. The van der Waals surface area contributed by atoms with Gasteiger partial charge in [-0.05, 0) is 30.3 Å². The van der Waals surface area contributed by atoms with E-state index in [1.54, 1.807) is 48.5 Å². The van der Waals surface area contributed by atoms with Crippen molar-refractivity contribution in [3.63, 3.8) is 0 Å². The van der Waals surface area contributed by atoms with Gasteiger partial charge in [0.1, 0.15) is 0 Å². The van der Waals surface area contributed by atoms with Crippen LogP contribution >= 0.6 is 11.6 Å². The Morgan fingerprint density at radius 3 is 2.61 bits per heavy atom. The Kier molecular flexibility index (Phi) is 2.97. The Hall–Kier alpha value is -2.70. The highest BCUT2D eigenvalue weighted by Crippen LogP contribution is 2.40. The van der Waals surface area contributed by atoms with Gasteiger partial charge in [0.15, 0.2) is 0 Å². The number of halogens is 1. The number of carbonyl (C=O) groups is 1. The topological polar surface area (TPSA) is 88.2 Å². The van der Waals surface area contributed by atoms with Gasteiger partial charge < -0.3 is 14.8 Å². The van der Waals surface area contributed by atoms with Crippen LogP contribution in [0.4, 0.5) is 5.69 Å². The molecule has 4 rings (SSSR count). The Balaban J connectivity index is 1.80. The Bertz CT molecular complexity index is 907. The summed E-state index contributed by atoms with van der Waals surface area (Å²) in [6, 6.07) is 13.6. The number of carbonyl (C=O) groups excluding carboxylic acids is 1. The summed E-state index contributed by atoms with van der Waals surface area (Å²) in [5.41, 5.74) is -0.445. The highest BCUT2D eigenvalue weighted by atomic mass is 35.5. The highest BCUT2D eigenvalue weighted by molar-refractivity contribution is 6.30. The zero-order valence-electron chi connectivity index (χ0n) is 11.7. The van der Waals surface area contributed by atoms with E-state index in [4.69, 9.17) is 16.0 Å². The number of para-hydroxylation sites is 1. The van der Waals surface area contributed by atoms with E-state index in [2.05, 4.69) is 15.5 Å². The first-order chi connectivity index (χ1) is 11.1. The first kappa shape index (κ1) is 13.9. The lowest BCUT2D eigenvalue weighted by Gasteiger charge is -2.15. The molecule has 7 heteroatoms. The summed E-state index contributed by atoms with van der Waals surface area (Å²) in [6.45, 7) is 0. The normalized spacial score (nSPS) is 19.5. The maximum atomic E-state index is 12.2. The first-order valence-electron chi connectivity index (χ1n) is 6.82. The molecule has 3 aromatic rings. The molecule has 114 valence electrons. The Morgan fingerprint density at radius 2 is 1.83 bits per heavy atom. The predicted molar refractivity (Wildman–Crippen MR) is 82.8 cm³/mol. The molecule has 0 radical (unpaired) electrons. The van der Waals surface area contributed by atoms with Crippen LogP contribution in [0.2, 0.25) is 5.02 Å². The highest BCUT2D eigenvalue weighted by Gasteiger charge is 2.51. The van der Waals surface area contributed by atoms with E-state index >= 15 is 0 Å². The minimum atomic E-state index is -1.99. The van der Waals surface area contributed by atoms with Crippen LogP contribution in [-0.2, 0) is 10.4 Å². The van der Waals surface area contributed by atoms with Crippen molar-refractivity contribution < 1.29 is 14.3 Å². The fourth-order valence-electron chi connectivity index (χ4n) is 2.53. The van der Waals surface area contributed by atoms with Crippen molar-refractivity contribution in [1.29, 1.82) is 0 Å². The molecule has 1 aliphatic rings. The monoisotopic (exact) mass is 327 g/mol. The molecule has 0 aliphatic carbocycles. The average Bonchev–Trinajstić information content (AvgIpc) is 3.14. The van der Waals surface area contributed by atoms with Crippen LogP contribution in [0.15, 0.2) is 52.9 Å². The Morgan fingerprint density at radius 1 is 1.09 bits per heavy atom. The second kappa shape index (κ2) is 4.91. The summed E-state index contributed by atoms with van der Waals surface area (Å²) in [5.74, 6) is -0.600. The van der Waals surface area contributed by atoms with Crippen LogP contribution in [0.5, 0.6) is 0 Å². The smallest absolute Gasteiger partial charge is 0.271 e. The lowest BCUT2D eigenvalue weighted by atomic mass is 9.95. The van der Waals surface area contributed by atoms with Crippen molar-refractivity contribution in [2.75, 3.05) is 5.32 Å². The molecule has 6 nitrogen and oxygen atoms in total. The minimum Gasteiger partial charge on any atom is -0.417 e. The summed E-state index contributed by atoms with van der Waals surface area (Å²) in [4.78, 5) is 12.2. The first-order valence-corrected chi connectivity index (χ1v) is 7.20. The molecule has 0 fully saturated rings. The van der Waals surface area contributed by atoms with Crippen molar-refractivity contribution in [3.05, 3.63) is 65.0 Å². The van der Waals surface area contributed by atoms with Gasteiger partial charge in [0.25, 0.3) is 11.8 Å². The molecule has 2 aromatic carbocycles. The molecule has 2 heterocycles. The summed E-state index contributed by atoms with van der Waals surface area (Å²) in [6.07, 6.45) is 0. The molecule has 0 saturated heterocycles. The molecule has 0 bridgehead atoms. The van der Waals surface area contributed by atoms with Crippen molar-refractivity contribution in [2.45, 2.75) is 5.60 Å². The van der Waals surface area contributed by atoms with E-state index in [0.717, 1.165) is 0 Å². The molecule has 1 aromatic heterocycles. The second-order valence-corrected chi connectivity index (χ2v) is 5.57. The minimum absolute atomic E-state index is 0.176. The molecular weight excluding hydrogens is 318 g/mol. The van der Waals surface area contributed by atoms with Crippen LogP contribution in [0.25, 0.3) is 11.5 Å². The van der Waals surface area contributed by atoms with Gasteiger partial charge in [-0.15, -0.1) is 10.2 Å². The van der Waals surface area contributed by atoms with Crippen molar-refractivity contribution >= 4 is 23.2 Å². The molecule has 0 saturated carbocycles. The van der Waals surface area contributed by atoms with Gasteiger partial charge in [-0.1, -0.05) is 29.8 Å². The maximum Gasteiger partial charge on any atom is 0.271 e. The van der Waals surface area contributed by atoms with Crippen LogP contribution in [0, 0.1) is 0 Å². The van der Waals surface area contributed by atoms with E-state index in [-0.39, 0.29) is 11.8 Å². The molecule has 1 aliphatic heterocycles. The molecule has 2 N–H and O–H groups in total. The third-order valence-corrected chi connectivity index (χ3v) is 3.97. The van der Waals surface area contributed by atoms with Crippen molar-refractivity contribution in [3.8, 4) is 11.5 Å². The van der Waals surface area contributed by atoms with E-state index in [1.165, 1.54) is 0 Å². The SMILES string of the molecule is O=C1Nc2ccccc2C1(O)c1nnc(-c2ccc(Cl)cc2)o1. The number of benzene rings is 2. The third kappa shape index (κ3) is 2.03. The third-order valence-electron chi connectivity index (χ3n) is 3.72. The number of nitrogens with zero attached hydrogens (tertiary/aromatic N) is 2. The molecule has 1 amide bonds.